The number of benzene rings is 1. The normalized spacial score (nSPS) is 12.8. The molecule has 0 aliphatic rings. The van der Waals surface area contributed by atoms with Gasteiger partial charge in [0.2, 0.25) is 0 Å². The Hall–Kier alpha value is -1.43. The van der Waals surface area contributed by atoms with E-state index < -0.39 is 12.1 Å². The summed E-state index contributed by atoms with van der Waals surface area (Å²) in [4.78, 5) is 12.4. The first kappa shape index (κ1) is 16.6. The summed E-state index contributed by atoms with van der Waals surface area (Å²) in [6, 6.07) is 9.78. The maximum absolute atomic E-state index is 10.7. The highest BCUT2D eigenvalue weighted by Gasteiger charge is 2.17. The lowest BCUT2D eigenvalue weighted by atomic mass is 10.2. The van der Waals surface area contributed by atoms with Crippen LogP contribution >= 0.6 is 0 Å². The number of hydrogen-bond acceptors (Lipinski definition) is 4. The molecule has 0 saturated heterocycles. The second-order valence-corrected chi connectivity index (χ2v) is 5.07. The van der Waals surface area contributed by atoms with Gasteiger partial charge in [0.05, 0.1) is 25.9 Å². The molecule has 5 nitrogen and oxygen atoms in total. The number of hydrogen-bond donors (Lipinski definition) is 2. The monoisotopic (exact) mass is 281 g/mol. The molecular weight excluding hydrogens is 258 g/mol. The molecule has 0 amide bonds. The highest BCUT2D eigenvalue weighted by atomic mass is 16.5. The van der Waals surface area contributed by atoms with E-state index in [0.29, 0.717) is 13.2 Å². The highest BCUT2D eigenvalue weighted by Crippen LogP contribution is 2.03. The number of carbonyl (C=O) groups is 1. The number of rotatable bonds is 9. The van der Waals surface area contributed by atoms with Crippen molar-refractivity contribution in [3.05, 3.63) is 35.9 Å². The van der Waals surface area contributed by atoms with E-state index in [2.05, 4.69) is 0 Å². The second-order valence-electron chi connectivity index (χ2n) is 5.07. The maximum Gasteiger partial charge on any atom is 0.317 e. The Balaban J connectivity index is 2.31. The minimum absolute atomic E-state index is 0.0647. The molecule has 20 heavy (non-hydrogen) atoms. The lowest BCUT2D eigenvalue weighted by Gasteiger charge is -2.26. The summed E-state index contributed by atoms with van der Waals surface area (Å²) in [5.41, 5.74) is 1.05. The average molecular weight is 281 g/mol. The van der Waals surface area contributed by atoms with Gasteiger partial charge in [-0.25, -0.2) is 0 Å². The summed E-state index contributed by atoms with van der Waals surface area (Å²) < 4.78 is 5.44. The lowest BCUT2D eigenvalue weighted by molar-refractivity contribution is -0.139. The van der Waals surface area contributed by atoms with Crippen LogP contribution in [0.5, 0.6) is 0 Å². The zero-order valence-corrected chi connectivity index (χ0v) is 12.0. The number of aliphatic carboxylic acids is 1. The molecule has 5 heteroatoms. The van der Waals surface area contributed by atoms with Crippen molar-refractivity contribution in [1.29, 1.82) is 0 Å². The molecule has 0 radical (unpaired) electrons. The summed E-state index contributed by atoms with van der Waals surface area (Å²) >= 11 is 0. The standard InChI is InChI=1S/C15H23NO4/c1-12(2)16(9-15(18)19)8-14(17)11-20-10-13-6-4-3-5-7-13/h3-7,12,14,17H,8-11H2,1-2H3,(H,18,19). The van der Waals surface area contributed by atoms with E-state index in [9.17, 15) is 9.90 Å². The van der Waals surface area contributed by atoms with Crippen molar-refractivity contribution in [1.82, 2.24) is 4.90 Å². The van der Waals surface area contributed by atoms with Crippen LogP contribution in [0.25, 0.3) is 0 Å². The van der Waals surface area contributed by atoms with E-state index in [-0.39, 0.29) is 19.2 Å². The summed E-state index contributed by atoms with van der Waals surface area (Å²) in [6.07, 6.45) is -0.694. The van der Waals surface area contributed by atoms with Crippen LogP contribution in [0.1, 0.15) is 19.4 Å². The predicted molar refractivity (Wildman–Crippen MR) is 76.4 cm³/mol. The van der Waals surface area contributed by atoms with Crippen molar-refractivity contribution in [2.45, 2.75) is 32.6 Å². The van der Waals surface area contributed by atoms with E-state index in [1.54, 1.807) is 4.90 Å². The molecular formula is C15H23NO4. The Kier molecular flexibility index (Phi) is 7.22. The van der Waals surface area contributed by atoms with Crippen LogP contribution in [-0.4, -0.2) is 52.9 Å². The Morgan fingerprint density at radius 2 is 1.95 bits per heavy atom. The number of aliphatic hydroxyl groups is 1. The van der Waals surface area contributed by atoms with Gasteiger partial charge in [-0.15, -0.1) is 0 Å². The minimum Gasteiger partial charge on any atom is -0.480 e. The van der Waals surface area contributed by atoms with Gasteiger partial charge < -0.3 is 14.9 Å². The number of carboxylic acids is 1. The third kappa shape index (κ3) is 6.65. The summed E-state index contributed by atoms with van der Waals surface area (Å²) in [7, 11) is 0. The van der Waals surface area contributed by atoms with Crippen LogP contribution in [0.4, 0.5) is 0 Å². The zero-order chi connectivity index (χ0) is 15.0. The molecule has 0 spiro atoms. The van der Waals surface area contributed by atoms with E-state index in [4.69, 9.17) is 9.84 Å². The van der Waals surface area contributed by atoms with Gasteiger partial charge in [-0.2, -0.15) is 0 Å². The number of aliphatic hydroxyl groups excluding tert-OH is 1. The van der Waals surface area contributed by atoms with Crippen LogP contribution in [0.15, 0.2) is 30.3 Å². The SMILES string of the molecule is CC(C)N(CC(=O)O)CC(O)COCc1ccccc1. The summed E-state index contributed by atoms with van der Waals surface area (Å²) in [6.45, 7) is 4.66. The smallest absolute Gasteiger partial charge is 0.317 e. The fourth-order valence-corrected chi connectivity index (χ4v) is 1.84. The third-order valence-corrected chi connectivity index (χ3v) is 2.94. The van der Waals surface area contributed by atoms with Crippen molar-refractivity contribution in [3.8, 4) is 0 Å². The van der Waals surface area contributed by atoms with Crippen molar-refractivity contribution in [2.24, 2.45) is 0 Å². The quantitative estimate of drug-likeness (QED) is 0.715. The first-order valence-electron chi connectivity index (χ1n) is 6.74. The molecule has 2 N–H and O–H groups in total. The van der Waals surface area contributed by atoms with Crippen molar-refractivity contribution in [2.75, 3.05) is 19.7 Å². The van der Waals surface area contributed by atoms with E-state index >= 15 is 0 Å². The molecule has 112 valence electrons. The van der Waals surface area contributed by atoms with Crippen LogP contribution in [0.2, 0.25) is 0 Å². The highest BCUT2D eigenvalue weighted by molar-refractivity contribution is 5.69. The molecule has 0 aliphatic carbocycles. The van der Waals surface area contributed by atoms with Crippen LogP contribution in [0, 0.1) is 0 Å². The summed E-state index contributed by atoms with van der Waals surface area (Å²) in [5, 5.41) is 18.7. The summed E-state index contributed by atoms with van der Waals surface area (Å²) in [5.74, 6) is -0.892. The molecule has 0 bridgehead atoms. The molecule has 1 aromatic rings. The Labute approximate surface area is 119 Å². The maximum atomic E-state index is 10.7. The van der Waals surface area contributed by atoms with E-state index in [1.165, 1.54) is 0 Å². The molecule has 1 aromatic carbocycles. The van der Waals surface area contributed by atoms with Gasteiger partial charge in [-0.1, -0.05) is 30.3 Å². The molecule has 0 saturated carbocycles. The van der Waals surface area contributed by atoms with Gasteiger partial charge in [0.15, 0.2) is 0 Å². The van der Waals surface area contributed by atoms with Gasteiger partial charge in [0.1, 0.15) is 0 Å². The first-order chi connectivity index (χ1) is 9.49. The molecule has 0 heterocycles. The molecule has 0 fully saturated rings. The van der Waals surface area contributed by atoms with Crippen molar-refractivity contribution >= 4 is 5.97 Å². The number of nitrogens with zero attached hydrogens (tertiary/aromatic N) is 1. The Morgan fingerprint density at radius 1 is 1.30 bits per heavy atom. The molecule has 0 aromatic heterocycles. The molecule has 1 rings (SSSR count). The molecule has 1 atom stereocenters. The fourth-order valence-electron chi connectivity index (χ4n) is 1.84. The fraction of sp³-hybridized carbons (Fsp3) is 0.533. The van der Waals surface area contributed by atoms with E-state index in [1.807, 2.05) is 44.2 Å². The Morgan fingerprint density at radius 3 is 2.50 bits per heavy atom. The van der Waals surface area contributed by atoms with Crippen molar-refractivity contribution < 1.29 is 19.7 Å². The zero-order valence-electron chi connectivity index (χ0n) is 12.0. The van der Waals surface area contributed by atoms with Crippen LogP contribution in [-0.2, 0) is 16.1 Å². The topological polar surface area (TPSA) is 70.0 Å². The van der Waals surface area contributed by atoms with Gasteiger partial charge in [-0.3, -0.25) is 9.69 Å². The Bertz CT molecular complexity index is 394. The average Bonchev–Trinajstić information content (AvgIpc) is 2.38. The van der Waals surface area contributed by atoms with Gasteiger partial charge in [0, 0.05) is 12.6 Å². The first-order valence-corrected chi connectivity index (χ1v) is 6.74. The van der Waals surface area contributed by atoms with Gasteiger partial charge in [-0.05, 0) is 19.4 Å². The lowest BCUT2D eigenvalue weighted by Crippen LogP contribution is -2.42. The predicted octanol–water partition coefficient (Wildman–Crippen LogP) is 1.36. The van der Waals surface area contributed by atoms with Crippen molar-refractivity contribution in [3.63, 3.8) is 0 Å². The van der Waals surface area contributed by atoms with Crippen LogP contribution < -0.4 is 0 Å². The number of ether oxygens (including phenoxy) is 1. The van der Waals surface area contributed by atoms with Gasteiger partial charge in [0.25, 0.3) is 0 Å². The van der Waals surface area contributed by atoms with Crippen LogP contribution in [0.3, 0.4) is 0 Å². The third-order valence-electron chi connectivity index (χ3n) is 2.94. The minimum atomic E-state index is -0.892. The van der Waals surface area contributed by atoms with Gasteiger partial charge >= 0.3 is 5.97 Å². The largest absolute Gasteiger partial charge is 0.480 e. The number of carboxylic acid groups (broad SMARTS) is 1. The molecule has 1 unspecified atom stereocenters. The second kappa shape index (κ2) is 8.68. The van der Waals surface area contributed by atoms with E-state index in [0.717, 1.165) is 5.56 Å². The molecule has 0 aliphatic heterocycles.